The molecule has 17 heavy (non-hydrogen) atoms. The lowest BCUT2D eigenvalue weighted by Crippen LogP contribution is -2.41. The van der Waals surface area contributed by atoms with Crippen molar-refractivity contribution in [3.63, 3.8) is 0 Å². The molecule has 0 aliphatic rings. The molecule has 0 spiro atoms. The maximum atomic E-state index is 13.6. The monoisotopic (exact) mass is 243 g/mol. The predicted molar refractivity (Wildman–Crippen MR) is 63.6 cm³/mol. The Morgan fingerprint density at radius 2 is 2.00 bits per heavy atom. The summed E-state index contributed by atoms with van der Waals surface area (Å²) >= 11 is 0. The Labute approximate surface area is 101 Å². The van der Waals surface area contributed by atoms with Crippen LogP contribution in [0.15, 0.2) is 18.2 Å². The van der Waals surface area contributed by atoms with Gasteiger partial charge in [0.05, 0.1) is 11.6 Å². The Balaban J connectivity index is 3.09. The third kappa shape index (κ3) is 3.01. The van der Waals surface area contributed by atoms with Crippen LogP contribution in [0.3, 0.4) is 0 Å². The molecule has 1 rings (SSSR count). The summed E-state index contributed by atoms with van der Waals surface area (Å²) in [7, 11) is 0. The molecule has 2 atom stereocenters. The molecule has 0 fully saturated rings. The minimum atomic E-state index is -0.692. The summed E-state index contributed by atoms with van der Waals surface area (Å²) in [5.74, 6) is -0.995. The zero-order chi connectivity index (χ0) is 13.1. The Kier molecular flexibility index (Phi) is 4.60. The smallest absolute Gasteiger partial charge is 0.128 e. The summed E-state index contributed by atoms with van der Waals surface area (Å²) in [6.45, 7) is 6.05. The molecule has 4 heteroatoms. The molecule has 96 valence electrons. The highest BCUT2D eigenvalue weighted by Crippen LogP contribution is 2.31. The summed E-state index contributed by atoms with van der Waals surface area (Å²) in [6.07, 6.45) is 0.623. The van der Waals surface area contributed by atoms with Gasteiger partial charge in [-0.25, -0.2) is 8.78 Å². The third-order valence-electron chi connectivity index (χ3n) is 3.13. The van der Waals surface area contributed by atoms with Gasteiger partial charge in [0.25, 0.3) is 0 Å². The van der Waals surface area contributed by atoms with Crippen molar-refractivity contribution in [2.75, 3.05) is 6.61 Å². The lowest BCUT2D eigenvalue weighted by Gasteiger charge is -2.34. The van der Waals surface area contributed by atoms with Crippen molar-refractivity contribution in [1.82, 2.24) is 0 Å². The van der Waals surface area contributed by atoms with E-state index in [0.29, 0.717) is 13.0 Å². The summed E-state index contributed by atoms with van der Waals surface area (Å²) in [4.78, 5) is 0. The number of benzene rings is 1. The highest BCUT2D eigenvalue weighted by Gasteiger charge is 2.33. The van der Waals surface area contributed by atoms with E-state index in [1.807, 2.05) is 20.8 Å². The van der Waals surface area contributed by atoms with Crippen LogP contribution in [0.25, 0.3) is 0 Å². The molecule has 0 aliphatic heterocycles. The van der Waals surface area contributed by atoms with E-state index in [4.69, 9.17) is 10.5 Å². The first-order valence-corrected chi connectivity index (χ1v) is 5.79. The Bertz CT molecular complexity index is 384. The van der Waals surface area contributed by atoms with Crippen molar-refractivity contribution in [1.29, 1.82) is 0 Å². The van der Waals surface area contributed by atoms with Crippen LogP contribution in [0.1, 0.15) is 38.8 Å². The van der Waals surface area contributed by atoms with Crippen molar-refractivity contribution in [2.45, 2.75) is 38.8 Å². The normalized spacial score (nSPS) is 16.6. The Hall–Kier alpha value is -1.00. The molecule has 2 N–H and O–H groups in total. The van der Waals surface area contributed by atoms with Crippen LogP contribution in [0, 0.1) is 11.6 Å². The molecule has 0 aliphatic carbocycles. The third-order valence-corrected chi connectivity index (χ3v) is 3.13. The van der Waals surface area contributed by atoms with Crippen LogP contribution in [0.2, 0.25) is 0 Å². The quantitative estimate of drug-likeness (QED) is 0.862. The van der Waals surface area contributed by atoms with Crippen LogP contribution in [-0.4, -0.2) is 12.2 Å². The molecule has 0 radical (unpaired) electrons. The molecule has 0 bridgehead atoms. The zero-order valence-electron chi connectivity index (χ0n) is 10.5. The van der Waals surface area contributed by atoms with Gasteiger partial charge in [-0.15, -0.1) is 0 Å². The van der Waals surface area contributed by atoms with Gasteiger partial charge in [0.2, 0.25) is 0 Å². The number of nitrogens with two attached hydrogens (primary N) is 1. The highest BCUT2D eigenvalue weighted by atomic mass is 19.1. The van der Waals surface area contributed by atoms with E-state index in [0.717, 1.165) is 18.2 Å². The summed E-state index contributed by atoms with van der Waals surface area (Å²) in [5, 5.41) is 0. The predicted octanol–water partition coefficient (Wildman–Crippen LogP) is 3.17. The number of halogens is 2. The first kappa shape index (κ1) is 14.1. The second-order valence-electron chi connectivity index (χ2n) is 4.24. The second-order valence-corrected chi connectivity index (χ2v) is 4.24. The molecule has 2 unspecified atom stereocenters. The van der Waals surface area contributed by atoms with Crippen molar-refractivity contribution >= 4 is 0 Å². The molecule has 2 nitrogen and oxygen atoms in total. The van der Waals surface area contributed by atoms with Gasteiger partial charge in [-0.05, 0) is 38.5 Å². The molecule has 0 saturated heterocycles. The van der Waals surface area contributed by atoms with Crippen LogP contribution in [-0.2, 0) is 4.74 Å². The fourth-order valence-electron chi connectivity index (χ4n) is 1.82. The number of rotatable bonds is 5. The molecule has 0 saturated carbocycles. The van der Waals surface area contributed by atoms with Gasteiger partial charge in [0.1, 0.15) is 11.6 Å². The lowest BCUT2D eigenvalue weighted by molar-refractivity contribution is -0.0479. The molecule has 1 aromatic carbocycles. The van der Waals surface area contributed by atoms with Crippen LogP contribution in [0.4, 0.5) is 8.78 Å². The lowest BCUT2D eigenvalue weighted by atomic mass is 9.88. The largest absolute Gasteiger partial charge is 0.374 e. The summed E-state index contributed by atoms with van der Waals surface area (Å²) in [6, 6.07) is 2.61. The minimum Gasteiger partial charge on any atom is -0.374 e. The zero-order valence-corrected chi connectivity index (χ0v) is 10.5. The fourth-order valence-corrected chi connectivity index (χ4v) is 1.82. The van der Waals surface area contributed by atoms with E-state index in [2.05, 4.69) is 0 Å². The van der Waals surface area contributed by atoms with E-state index in [9.17, 15) is 8.78 Å². The van der Waals surface area contributed by atoms with Crippen LogP contribution in [0.5, 0.6) is 0 Å². The molecule has 0 heterocycles. The summed E-state index contributed by atoms with van der Waals surface area (Å²) in [5.41, 5.74) is 5.47. The first-order chi connectivity index (χ1) is 7.94. The standard InChI is InChI=1S/C13H19F2NO/c1-4-13(3,17-5-2)12(16)10-8-9(14)6-7-11(10)15/h6-8,12H,4-5,16H2,1-3H3. The van der Waals surface area contributed by atoms with Gasteiger partial charge >= 0.3 is 0 Å². The maximum Gasteiger partial charge on any atom is 0.128 e. The Morgan fingerprint density at radius 1 is 1.35 bits per heavy atom. The van der Waals surface area contributed by atoms with E-state index in [-0.39, 0.29) is 5.56 Å². The topological polar surface area (TPSA) is 35.2 Å². The molecular weight excluding hydrogens is 224 g/mol. The SMILES string of the molecule is CCOC(C)(CC)C(N)c1cc(F)ccc1F. The van der Waals surface area contributed by atoms with Crippen LogP contribution >= 0.6 is 0 Å². The maximum absolute atomic E-state index is 13.6. The number of ether oxygens (including phenoxy) is 1. The average Bonchev–Trinajstić information content (AvgIpc) is 2.31. The Morgan fingerprint density at radius 3 is 2.53 bits per heavy atom. The van der Waals surface area contributed by atoms with Crippen molar-refractivity contribution < 1.29 is 13.5 Å². The van der Waals surface area contributed by atoms with Gasteiger partial charge in [0.15, 0.2) is 0 Å². The highest BCUT2D eigenvalue weighted by molar-refractivity contribution is 5.24. The molecule has 0 aromatic heterocycles. The number of hydrogen-bond acceptors (Lipinski definition) is 2. The van der Waals surface area contributed by atoms with Crippen molar-refractivity contribution in [3.05, 3.63) is 35.4 Å². The fraction of sp³-hybridized carbons (Fsp3) is 0.538. The average molecular weight is 243 g/mol. The van der Waals surface area contributed by atoms with Crippen molar-refractivity contribution in [3.8, 4) is 0 Å². The first-order valence-electron chi connectivity index (χ1n) is 5.79. The van der Waals surface area contributed by atoms with Gasteiger partial charge < -0.3 is 10.5 Å². The van der Waals surface area contributed by atoms with E-state index in [1.165, 1.54) is 0 Å². The summed E-state index contributed by atoms with van der Waals surface area (Å²) < 4.78 is 32.3. The number of hydrogen-bond donors (Lipinski definition) is 1. The van der Waals surface area contributed by atoms with Crippen molar-refractivity contribution in [2.24, 2.45) is 5.73 Å². The van der Waals surface area contributed by atoms with Gasteiger partial charge in [-0.1, -0.05) is 6.92 Å². The van der Waals surface area contributed by atoms with Gasteiger partial charge in [-0.2, -0.15) is 0 Å². The second kappa shape index (κ2) is 5.56. The van der Waals surface area contributed by atoms with Gasteiger partial charge in [-0.3, -0.25) is 0 Å². The van der Waals surface area contributed by atoms with E-state index >= 15 is 0 Å². The van der Waals surface area contributed by atoms with E-state index in [1.54, 1.807) is 0 Å². The van der Waals surface area contributed by atoms with Crippen LogP contribution < -0.4 is 5.73 Å². The minimum absolute atomic E-state index is 0.155. The molecule has 1 aromatic rings. The molecular formula is C13H19F2NO. The molecule has 0 amide bonds. The van der Waals surface area contributed by atoms with Gasteiger partial charge in [0, 0.05) is 12.2 Å². The van der Waals surface area contributed by atoms with E-state index < -0.39 is 23.3 Å².